The lowest BCUT2D eigenvalue weighted by Gasteiger charge is -2.21. The number of nitriles is 1. The second-order valence-electron chi connectivity index (χ2n) is 6.34. The number of amides is 1. The van der Waals surface area contributed by atoms with E-state index >= 15 is 0 Å². The monoisotopic (exact) mass is 337 g/mol. The summed E-state index contributed by atoms with van der Waals surface area (Å²) in [6.45, 7) is 0.946. The van der Waals surface area contributed by atoms with Crippen molar-refractivity contribution in [2.24, 2.45) is 0 Å². The van der Waals surface area contributed by atoms with Crippen molar-refractivity contribution in [3.63, 3.8) is 0 Å². The fourth-order valence-corrected chi connectivity index (χ4v) is 2.76. The Balaban J connectivity index is 1.57. The maximum Gasteiger partial charge on any atom is 0.238 e. The molecule has 0 bridgehead atoms. The Morgan fingerprint density at radius 2 is 1.76 bits per heavy atom. The van der Waals surface area contributed by atoms with Crippen molar-refractivity contribution in [3.05, 3.63) is 65.5 Å². The minimum Gasteiger partial charge on any atom is -0.325 e. The molecule has 2 aromatic carbocycles. The molecule has 0 aliphatic heterocycles. The van der Waals surface area contributed by atoms with Crippen molar-refractivity contribution >= 4 is 11.6 Å². The first-order valence-corrected chi connectivity index (χ1v) is 8.38. The van der Waals surface area contributed by atoms with Gasteiger partial charge in [-0.2, -0.15) is 5.26 Å². The zero-order chi connectivity index (χ0) is 17.6. The second kappa shape index (κ2) is 7.91. The predicted molar refractivity (Wildman–Crippen MR) is 94.2 cm³/mol. The normalized spacial score (nSPS) is 13.5. The van der Waals surface area contributed by atoms with Gasteiger partial charge in [-0.25, -0.2) is 4.39 Å². The molecule has 0 spiro atoms. The zero-order valence-corrected chi connectivity index (χ0v) is 13.9. The van der Waals surface area contributed by atoms with Crippen molar-refractivity contribution in [1.82, 2.24) is 4.90 Å². The number of hydrogen-bond donors (Lipinski definition) is 1. The average molecular weight is 337 g/mol. The van der Waals surface area contributed by atoms with Gasteiger partial charge in [0.05, 0.1) is 19.0 Å². The van der Waals surface area contributed by atoms with Gasteiger partial charge in [-0.05, 0) is 48.2 Å². The van der Waals surface area contributed by atoms with Gasteiger partial charge >= 0.3 is 0 Å². The topological polar surface area (TPSA) is 56.1 Å². The molecule has 1 aliphatic carbocycles. The minimum absolute atomic E-state index is 0.0676. The molecule has 3 rings (SSSR count). The van der Waals surface area contributed by atoms with Crippen LogP contribution in [0.25, 0.3) is 0 Å². The van der Waals surface area contributed by atoms with E-state index in [-0.39, 0.29) is 11.7 Å². The van der Waals surface area contributed by atoms with E-state index in [1.807, 2.05) is 24.3 Å². The van der Waals surface area contributed by atoms with E-state index in [1.165, 1.54) is 12.1 Å². The van der Waals surface area contributed by atoms with E-state index in [2.05, 4.69) is 16.3 Å². The van der Waals surface area contributed by atoms with E-state index < -0.39 is 0 Å². The SMILES string of the molecule is N#CCc1ccc(NC(=O)CN(Cc2ccc(F)cc2)C2CC2)cc1. The van der Waals surface area contributed by atoms with Crippen molar-refractivity contribution < 1.29 is 9.18 Å². The van der Waals surface area contributed by atoms with Crippen LogP contribution in [0, 0.1) is 17.1 Å². The molecule has 1 saturated carbocycles. The number of nitrogens with zero attached hydrogens (tertiary/aromatic N) is 2. The van der Waals surface area contributed by atoms with Crippen LogP contribution in [0.2, 0.25) is 0 Å². The fourth-order valence-electron chi connectivity index (χ4n) is 2.76. The van der Waals surface area contributed by atoms with Gasteiger partial charge in [-0.15, -0.1) is 0 Å². The van der Waals surface area contributed by atoms with Crippen LogP contribution in [0.4, 0.5) is 10.1 Å². The molecule has 4 nitrogen and oxygen atoms in total. The maximum absolute atomic E-state index is 13.0. The third kappa shape index (κ3) is 5.13. The summed E-state index contributed by atoms with van der Waals surface area (Å²) >= 11 is 0. The third-order valence-corrected chi connectivity index (χ3v) is 4.23. The van der Waals surface area contributed by atoms with Crippen LogP contribution in [-0.4, -0.2) is 23.4 Å². The predicted octanol–water partition coefficient (Wildman–Crippen LogP) is 3.49. The summed E-state index contributed by atoms with van der Waals surface area (Å²) in [6.07, 6.45) is 2.55. The Labute approximate surface area is 146 Å². The molecule has 0 atom stereocenters. The molecule has 0 unspecified atom stereocenters. The first-order valence-electron chi connectivity index (χ1n) is 8.38. The highest BCUT2D eigenvalue weighted by atomic mass is 19.1. The molecule has 5 heteroatoms. The first kappa shape index (κ1) is 17.1. The van der Waals surface area contributed by atoms with Gasteiger partial charge in [0.25, 0.3) is 0 Å². The van der Waals surface area contributed by atoms with Crippen LogP contribution in [0.3, 0.4) is 0 Å². The number of carbonyl (C=O) groups is 1. The highest BCUT2D eigenvalue weighted by Crippen LogP contribution is 2.28. The Bertz CT molecular complexity index is 761. The number of hydrogen-bond acceptors (Lipinski definition) is 3. The van der Waals surface area contributed by atoms with E-state index in [0.29, 0.717) is 25.6 Å². The van der Waals surface area contributed by atoms with Gasteiger partial charge in [0.2, 0.25) is 5.91 Å². The highest BCUT2D eigenvalue weighted by Gasteiger charge is 2.30. The second-order valence-corrected chi connectivity index (χ2v) is 6.34. The molecule has 2 aromatic rings. The van der Waals surface area contributed by atoms with E-state index in [1.54, 1.807) is 12.1 Å². The average Bonchev–Trinajstić information content (AvgIpc) is 3.43. The molecular formula is C20H20FN3O. The smallest absolute Gasteiger partial charge is 0.238 e. The van der Waals surface area contributed by atoms with Gasteiger partial charge in [0, 0.05) is 18.3 Å². The molecular weight excluding hydrogens is 317 g/mol. The summed E-state index contributed by atoms with van der Waals surface area (Å²) in [7, 11) is 0. The molecule has 1 N–H and O–H groups in total. The lowest BCUT2D eigenvalue weighted by molar-refractivity contribution is -0.117. The van der Waals surface area contributed by atoms with Crippen LogP contribution in [-0.2, 0) is 17.8 Å². The quantitative estimate of drug-likeness (QED) is 0.841. The van der Waals surface area contributed by atoms with Gasteiger partial charge in [0.15, 0.2) is 0 Å². The molecule has 0 radical (unpaired) electrons. The largest absolute Gasteiger partial charge is 0.325 e. The lowest BCUT2D eigenvalue weighted by atomic mass is 10.1. The summed E-state index contributed by atoms with van der Waals surface area (Å²) in [6, 6.07) is 16.2. The number of carbonyl (C=O) groups excluding carboxylic acids is 1. The number of nitrogens with one attached hydrogen (secondary N) is 1. The first-order chi connectivity index (χ1) is 12.1. The molecule has 128 valence electrons. The zero-order valence-electron chi connectivity index (χ0n) is 13.9. The number of rotatable bonds is 7. The Morgan fingerprint density at radius 3 is 2.36 bits per heavy atom. The third-order valence-electron chi connectivity index (χ3n) is 4.23. The molecule has 1 aliphatic rings. The lowest BCUT2D eigenvalue weighted by Crippen LogP contribution is -2.34. The summed E-state index contributed by atoms with van der Waals surface area (Å²) in [5.41, 5.74) is 2.66. The van der Waals surface area contributed by atoms with Crippen molar-refractivity contribution in [2.75, 3.05) is 11.9 Å². The summed E-state index contributed by atoms with van der Waals surface area (Å²) in [4.78, 5) is 14.5. The summed E-state index contributed by atoms with van der Waals surface area (Å²) < 4.78 is 13.0. The number of benzene rings is 2. The molecule has 0 saturated heterocycles. The molecule has 1 amide bonds. The Morgan fingerprint density at radius 1 is 1.12 bits per heavy atom. The fraction of sp³-hybridized carbons (Fsp3) is 0.300. The summed E-state index contributed by atoms with van der Waals surface area (Å²) in [5.74, 6) is -0.318. The summed E-state index contributed by atoms with van der Waals surface area (Å²) in [5, 5.41) is 11.6. The maximum atomic E-state index is 13.0. The van der Waals surface area contributed by atoms with E-state index in [0.717, 1.165) is 29.7 Å². The van der Waals surface area contributed by atoms with Gasteiger partial charge in [-0.3, -0.25) is 9.69 Å². The number of halogens is 1. The van der Waals surface area contributed by atoms with Crippen LogP contribution in [0.5, 0.6) is 0 Å². The van der Waals surface area contributed by atoms with Crippen LogP contribution < -0.4 is 5.32 Å². The van der Waals surface area contributed by atoms with E-state index in [9.17, 15) is 9.18 Å². The molecule has 0 heterocycles. The highest BCUT2D eigenvalue weighted by molar-refractivity contribution is 5.92. The Kier molecular flexibility index (Phi) is 5.42. The van der Waals surface area contributed by atoms with Crippen molar-refractivity contribution in [3.8, 4) is 6.07 Å². The van der Waals surface area contributed by atoms with Crippen molar-refractivity contribution in [1.29, 1.82) is 5.26 Å². The van der Waals surface area contributed by atoms with Gasteiger partial charge < -0.3 is 5.32 Å². The van der Waals surface area contributed by atoms with Crippen LogP contribution in [0.1, 0.15) is 24.0 Å². The van der Waals surface area contributed by atoms with Crippen LogP contribution >= 0.6 is 0 Å². The number of anilines is 1. The standard InChI is InChI=1S/C20H20FN3O/c21-17-5-1-16(2-6-17)13-24(19-9-10-19)14-20(25)23-18-7-3-15(4-8-18)11-12-22/h1-8,19H,9-11,13-14H2,(H,23,25). The molecule has 25 heavy (non-hydrogen) atoms. The van der Waals surface area contributed by atoms with E-state index in [4.69, 9.17) is 5.26 Å². The molecule has 1 fully saturated rings. The van der Waals surface area contributed by atoms with Crippen molar-refractivity contribution in [2.45, 2.75) is 31.8 Å². The molecule has 0 aromatic heterocycles. The van der Waals surface area contributed by atoms with Crippen LogP contribution in [0.15, 0.2) is 48.5 Å². The Hall–Kier alpha value is -2.71. The minimum atomic E-state index is -0.251. The van der Waals surface area contributed by atoms with Gasteiger partial charge in [0.1, 0.15) is 5.82 Å². The van der Waals surface area contributed by atoms with Gasteiger partial charge in [-0.1, -0.05) is 24.3 Å².